The molecule has 12 rings (SSSR count). The first kappa shape index (κ1) is 38.9. The standard InChI is InChI=1S/C60H54BN3/c1-58(2,3)45-31-33-52-49(38-45)59(4)34-17-18-35-60(59,5)64(52)48-39-55-57-56(40-48)63(47-27-19-24-43(36-47)41-20-9-6-10-21-41)54-37-44(42-22-11-7-12-23-42)30-32-51(54)61(57)50-28-15-16-29-53(50)62(55)46-25-13-8-14-26-46/h6-16,19-33,36-40H,17-18,34-35H2,1-5H3. The van der Waals surface area contributed by atoms with E-state index in [-0.39, 0.29) is 23.1 Å². The second-order valence-electron chi connectivity index (χ2n) is 20.1. The lowest BCUT2D eigenvalue weighted by molar-refractivity contribution is 0.195. The summed E-state index contributed by atoms with van der Waals surface area (Å²) in [6.07, 6.45) is 4.79. The van der Waals surface area contributed by atoms with Gasteiger partial charge in [0.1, 0.15) is 0 Å². The van der Waals surface area contributed by atoms with Crippen LogP contribution in [0.15, 0.2) is 188 Å². The summed E-state index contributed by atoms with van der Waals surface area (Å²) in [4.78, 5) is 7.95. The fraction of sp³-hybridized carbons (Fsp3) is 0.200. The smallest absolute Gasteiger partial charge is 0.252 e. The number of nitrogens with zero attached hydrogens (tertiary/aromatic N) is 3. The number of para-hydroxylation sites is 2. The molecule has 312 valence electrons. The molecule has 3 nitrogen and oxygen atoms in total. The van der Waals surface area contributed by atoms with Crippen LogP contribution in [0.4, 0.5) is 45.5 Å². The quantitative estimate of drug-likeness (QED) is 0.160. The third-order valence-corrected chi connectivity index (χ3v) is 15.5. The normalized spacial score (nSPS) is 19.4. The summed E-state index contributed by atoms with van der Waals surface area (Å²) in [5.74, 6) is 0. The molecule has 3 heterocycles. The zero-order valence-corrected chi connectivity index (χ0v) is 37.6. The van der Waals surface area contributed by atoms with E-state index in [9.17, 15) is 0 Å². The van der Waals surface area contributed by atoms with Crippen LogP contribution in [-0.2, 0) is 10.8 Å². The zero-order valence-electron chi connectivity index (χ0n) is 37.6. The molecule has 0 amide bonds. The van der Waals surface area contributed by atoms with Gasteiger partial charge in [-0.1, -0.05) is 174 Å². The van der Waals surface area contributed by atoms with Crippen molar-refractivity contribution in [3.8, 4) is 22.3 Å². The van der Waals surface area contributed by atoms with Gasteiger partial charge in [-0.05, 0) is 130 Å². The first-order valence-electron chi connectivity index (χ1n) is 23.3. The second-order valence-corrected chi connectivity index (χ2v) is 20.1. The Hall–Kier alpha value is -6.78. The van der Waals surface area contributed by atoms with Crippen molar-refractivity contribution >= 4 is 68.6 Å². The van der Waals surface area contributed by atoms with Crippen LogP contribution in [0.2, 0.25) is 0 Å². The number of rotatable bonds is 5. The minimum Gasteiger partial charge on any atom is -0.334 e. The van der Waals surface area contributed by atoms with Crippen LogP contribution in [0.3, 0.4) is 0 Å². The molecular formula is C60H54BN3. The molecule has 0 aromatic heterocycles. The van der Waals surface area contributed by atoms with Gasteiger partial charge < -0.3 is 14.7 Å². The second kappa shape index (κ2) is 14.4. The SMILES string of the molecule is CC(C)(C)c1ccc2c(c1)C1(C)CCCCC1(C)N2c1cc2c3c(c1)N(c1cccc(-c4ccccc4)c1)c1cc(-c4ccccc4)ccc1B3c1ccccc1N2c1ccccc1. The Morgan fingerprint density at radius 3 is 1.72 bits per heavy atom. The lowest BCUT2D eigenvalue weighted by atomic mass is 9.33. The molecule has 3 aliphatic heterocycles. The Bertz CT molecular complexity index is 3100. The summed E-state index contributed by atoms with van der Waals surface area (Å²) in [6.45, 7) is 12.2. The molecule has 4 heteroatoms. The maximum absolute atomic E-state index is 2.79. The van der Waals surface area contributed by atoms with Crippen molar-refractivity contribution < 1.29 is 0 Å². The van der Waals surface area contributed by atoms with E-state index in [0.717, 1.165) is 12.1 Å². The first-order valence-corrected chi connectivity index (χ1v) is 23.3. The lowest BCUT2D eigenvalue weighted by Gasteiger charge is -2.51. The van der Waals surface area contributed by atoms with Crippen LogP contribution >= 0.6 is 0 Å². The molecule has 0 bridgehead atoms. The topological polar surface area (TPSA) is 9.72 Å². The molecule has 4 aliphatic rings. The van der Waals surface area contributed by atoms with Crippen LogP contribution in [0.5, 0.6) is 0 Å². The average Bonchev–Trinajstić information content (AvgIpc) is 3.54. The van der Waals surface area contributed by atoms with Crippen molar-refractivity contribution in [3.63, 3.8) is 0 Å². The molecule has 8 aromatic carbocycles. The van der Waals surface area contributed by atoms with Crippen LogP contribution in [0, 0.1) is 0 Å². The predicted molar refractivity (Wildman–Crippen MR) is 273 cm³/mol. The van der Waals surface area contributed by atoms with Crippen molar-refractivity contribution in [2.75, 3.05) is 14.7 Å². The number of benzene rings is 8. The predicted octanol–water partition coefficient (Wildman–Crippen LogP) is 14.1. The molecule has 2 atom stereocenters. The van der Waals surface area contributed by atoms with Gasteiger partial charge in [0.2, 0.25) is 0 Å². The van der Waals surface area contributed by atoms with Gasteiger partial charge in [0.15, 0.2) is 0 Å². The molecule has 2 unspecified atom stereocenters. The van der Waals surface area contributed by atoms with E-state index in [1.54, 1.807) is 0 Å². The first-order chi connectivity index (χ1) is 31.1. The van der Waals surface area contributed by atoms with Crippen molar-refractivity contribution in [1.29, 1.82) is 0 Å². The van der Waals surface area contributed by atoms with Gasteiger partial charge in [0.25, 0.3) is 6.71 Å². The molecular weight excluding hydrogens is 773 g/mol. The largest absolute Gasteiger partial charge is 0.334 e. The van der Waals surface area contributed by atoms with Gasteiger partial charge in [0, 0.05) is 50.9 Å². The van der Waals surface area contributed by atoms with Crippen molar-refractivity contribution in [2.45, 2.75) is 76.7 Å². The van der Waals surface area contributed by atoms with E-state index in [2.05, 4.69) is 237 Å². The van der Waals surface area contributed by atoms with Gasteiger partial charge in [-0.2, -0.15) is 0 Å². The van der Waals surface area contributed by atoms with Crippen molar-refractivity contribution in [2.24, 2.45) is 0 Å². The van der Waals surface area contributed by atoms with Crippen molar-refractivity contribution in [1.82, 2.24) is 0 Å². The summed E-state index contributed by atoms with van der Waals surface area (Å²) in [5.41, 5.74) is 21.5. The third-order valence-electron chi connectivity index (χ3n) is 15.5. The Balaban J connectivity index is 1.19. The van der Waals surface area contributed by atoms with Gasteiger partial charge in [-0.25, -0.2) is 0 Å². The minimum atomic E-state index is -0.125. The Morgan fingerprint density at radius 1 is 0.438 bits per heavy atom. The van der Waals surface area contributed by atoms with Gasteiger partial charge >= 0.3 is 0 Å². The van der Waals surface area contributed by atoms with E-state index in [1.807, 2.05) is 0 Å². The van der Waals surface area contributed by atoms with E-state index >= 15 is 0 Å². The fourth-order valence-electron chi connectivity index (χ4n) is 12.1. The van der Waals surface area contributed by atoms with E-state index in [4.69, 9.17) is 0 Å². The summed E-state index contributed by atoms with van der Waals surface area (Å²) in [6, 6.07) is 70.9. The average molecular weight is 828 g/mol. The molecule has 8 aromatic rings. The lowest BCUT2D eigenvalue weighted by Crippen LogP contribution is -2.61. The van der Waals surface area contributed by atoms with Gasteiger partial charge in [-0.15, -0.1) is 0 Å². The highest BCUT2D eigenvalue weighted by atomic mass is 15.3. The molecule has 0 saturated heterocycles. The Kier molecular flexibility index (Phi) is 8.73. The van der Waals surface area contributed by atoms with Gasteiger partial charge in [0.05, 0.1) is 5.54 Å². The van der Waals surface area contributed by atoms with E-state index < -0.39 is 0 Å². The summed E-state index contributed by atoms with van der Waals surface area (Å²) < 4.78 is 0. The molecule has 1 fully saturated rings. The number of hydrogen-bond acceptors (Lipinski definition) is 3. The number of anilines is 8. The highest BCUT2D eigenvalue weighted by Crippen LogP contribution is 2.62. The molecule has 64 heavy (non-hydrogen) atoms. The van der Waals surface area contributed by atoms with Crippen molar-refractivity contribution in [3.05, 3.63) is 199 Å². The van der Waals surface area contributed by atoms with Crippen LogP contribution < -0.4 is 31.1 Å². The third kappa shape index (κ3) is 5.74. The molecule has 1 saturated carbocycles. The minimum absolute atomic E-state index is 0.00980. The van der Waals surface area contributed by atoms with Crippen LogP contribution in [0.25, 0.3) is 22.3 Å². The summed E-state index contributed by atoms with van der Waals surface area (Å²) in [7, 11) is 0. The summed E-state index contributed by atoms with van der Waals surface area (Å²) in [5, 5.41) is 0. The Labute approximate surface area is 379 Å². The van der Waals surface area contributed by atoms with E-state index in [1.165, 1.54) is 109 Å². The summed E-state index contributed by atoms with van der Waals surface area (Å²) >= 11 is 0. The molecule has 0 spiro atoms. The number of fused-ring (bicyclic) bond motifs is 7. The van der Waals surface area contributed by atoms with Gasteiger partial charge in [-0.3, -0.25) is 0 Å². The Morgan fingerprint density at radius 2 is 1.02 bits per heavy atom. The maximum Gasteiger partial charge on any atom is 0.252 e. The molecule has 0 radical (unpaired) electrons. The zero-order chi connectivity index (χ0) is 43.4. The highest BCUT2D eigenvalue weighted by Gasteiger charge is 2.58. The monoisotopic (exact) mass is 827 g/mol. The highest BCUT2D eigenvalue weighted by molar-refractivity contribution is 7.00. The maximum atomic E-state index is 2.79. The van der Waals surface area contributed by atoms with E-state index in [0.29, 0.717) is 0 Å². The number of hydrogen-bond donors (Lipinski definition) is 0. The fourth-order valence-corrected chi connectivity index (χ4v) is 12.1. The molecule has 1 aliphatic carbocycles. The molecule has 0 N–H and O–H groups in total. The van der Waals surface area contributed by atoms with Crippen LogP contribution in [-0.4, -0.2) is 12.3 Å². The van der Waals surface area contributed by atoms with Crippen LogP contribution in [0.1, 0.15) is 71.4 Å².